The van der Waals surface area contributed by atoms with Gasteiger partial charge in [0.15, 0.2) is 5.13 Å². The van der Waals surface area contributed by atoms with E-state index >= 15 is 0 Å². The largest absolute Gasteiger partial charge is 0.341 e. The first-order valence-corrected chi connectivity index (χ1v) is 10.3. The number of nitrogens with one attached hydrogen (secondary N) is 1. The van der Waals surface area contributed by atoms with Crippen molar-refractivity contribution < 1.29 is 4.79 Å². The molecule has 1 N–H and O–H groups in total. The highest BCUT2D eigenvalue weighted by Gasteiger charge is 2.26. The number of thiophene rings is 1. The Bertz CT molecular complexity index is 889. The molecule has 0 saturated carbocycles. The summed E-state index contributed by atoms with van der Waals surface area (Å²) in [6.45, 7) is 1.55. The minimum atomic E-state index is -0.0153. The SMILES string of the molecule is O=C(Nc1nc(-c2ccc(Cl)s2)cs1)C1CCN(c2ncccn2)CC1. The average molecular weight is 406 g/mol. The molecule has 9 heteroatoms. The van der Waals surface area contributed by atoms with Crippen LogP contribution in [-0.4, -0.2) is 33.9 Å². The van der Waals surface area contributed by atoms with Crippen LogP contribution in [0.1, 0.15) is 12.8 Å². The van der Waals surface area contributed by atoms with E-state index < -0.39 is 0 Å². The molecule has 134 valence electrons. The third kappa shape index (κ3) is 3.87. The third-order valence-electron chi connectivity index (χ3n) is 4.26. The first-order chi connectivity index (χ1) is 12.7. The van der Waals surface area contributed by atoms with Gasteiger partial charge in [-0.15, -0.1) is 22.7 Å². The number of hydrogen-bond donors (Lipinski definition) is 1. The zero-order chi connectivity index (χ0) is 17.9. The summed E-state index contributed by atoms with van der Waals surface area (Å²) in [7, 11) is 0. The predicted molar refractivity (Wildman–Crippen MR) is 106 cm³/mol. The molecule has 0 bridgehead atoms. The molecule has 0 aliphatic carbocycles. The summed E-state index contributed by atoms with van der Waals surface area (Å²) >= 11 is 8.88. The molecule has 1 aliphatic rings. The van der Waals surface area contributed by atoms with Gasteiger partial charge >= 0.3 is 0 Å². The van der Waals surface area contributed by atoms with E-state index in [-0.39, 0.29) is 11.8 Å². The Morgan fingerprint density at radius 2 is 2.00 bits per heavy atom. The van der Waals surface area contributed by atoms with Crippen LogP contribution < -0.4 is 10.2 Å². The zero-order valence-electron chi connectivity index (χ0n) is 13.8. The number of amides is 1. The van der Waals surface area contributed by atoms with E-state index in [0.29, 0.717) is 5.13 Å². The van der Waals surface area contributed by atoms with Crippen LogP contribution in [0.15, 0.2) is 36.0 Å². The zero-order valence-corrected chi connectivity index (χ0v) is 16.2. The molecule has 1 amide bonds. The van der Waals surface area contributed by atoms with Crippen LogP contribution in [0.4, 0.5) is 11.1 Å². The molecule has 3 aromatic rings. The lowest BCUT2D eigenvalue weighted by Crippen LogP contribution is -2.38. The lowest BCUT2D eigenvalue weighted by molar-refractivity contribution is -0.120. The molecule has 4 heterocycles. The fourth-order valence-electron chi connectivity index (χ4n) is 2.90. The summed E-state index contributed by atoms with van der Waals surface area (Å²) in [5.74, 6) is 0.743. The molecular formula is C17H16ClN5OS2. The second kappa shape index (κ2) is 7.69. The summed E-state index contributed by atoms with van der Waals surface area (Å²) in [5.41, 5.74) is 0.846. The Morgan fingerprint density at radius 3 is 2.69 bits per heavy atom. The van der Waals surface area contributed by atoms with Crippen molar-refractivity contribution in [3.8, 4) is 10.6 Å². The minimum Gasteiger partial charge on any atom is -0.341 e. The average Bonchev–Trinajstić information content (AvgIpc) is 3.31. The van der Waals surface area contributed by atoms with Crippen LogP contribution >= 0.6 is 34.3 Å². The second-order valence-electron chi connectivity index (χ2n) is 5.94. The van der Waals surface area contributed by atoms with Crippen molar-refractivity contribution in [1.29, 1.82) is 0 Å². The Morgan fingerprint density at radius 1 is 1.23 bits per heavy atom. The van der Waals surface area contributed by atoms with E-state index in [9.17, 15) is 4.79 Å². The molecule has 6 nitrogen and oxygen atoms in total. The number of thiazole rings is 1. The van der Waals surface area contributed by atoms with E-state index in [4.69, 9.17) is 11.6 Å². The molecule has 4 rings (SSSR count). The van der Waals surface area contributed by atoms with Gasteiger partial charge in [0.1, 0.15) is 0 Å². The van der Waals surface area contributed by atoms with Crippen LogP contribution in [0.3, 0.4) is 0 Å². The van der Waals surface area contributed by atoms with Crippen molar-refractivity contribution >= 4 is 51.3 Å². The first kappa shape index (κ1) is 17.4. The number of carbonyl (C=O) groups excluding carboxylic acids is 1. The summed E-state index contributed by atoms with van der Waals surface area (Å²) in [6, 6.07) is 5.59. The molecule has 1 aliphatic heterocycles. The van der Waals surface area contributed by atoms with E-state index in [2.05, 4.69) is 25.2 Å². The monoisotopic (exact) mass is 405 g/mol. The second-order valence-corrected chi connectivity index (χ2v) is 8.51. The Labute approximate surface area is 163 Å². The third-order valence-corrected chi connectivity index (χ3v) is 6.27. The van der Waals surface area contributed by atoms with Crippen LogP contribution in [0.25, 0.3) is 10.6 Å². The molecule has 3 aromatic heterocycles. The summed E-state index contributed by atoms with van der Waals surface area (Å²) in [5, 5.41) is 5.52. The Hall–Kier alpha value is -2.03. The quantitative estimate of drug-likeness (QED) is 0.705. The van der Waals surface area contributed by atoms with Crippen molar-refractivity contribution in [2.75, 3.05) is 23.3 Å². The molecule has 26 heavy (non-hydrogen) atoms. The van der Waals surface area contributed by atoms with Crippen molar-refractivity contribution in [1.82, 2.24) is 15.0 Å². The Balaban J connectivity index is 1.34. The number of rotatable bonds is 4. The van der Waals surface area contributed by atoms with Gasteiger partial charge in [0.05, 0.1) is 14.9 Å². The fraction of sp³-hybridized carbons (Fsp3) is 0.294. The van der Waals surface area contributed by atoms with Gasteiger partial charge in [0.2, 0.25) is 11.9 Å². The van der Waals surface area contributed by atoms with E-state index in [0.717, 1.165) is 46.8 Å². The smallest absolute Gasteiger partial charge is 0.229 e. The Kier molecular flexibility index (Phi) is 5.14. The maximum Gasteiger partial charge on any atom is 0.229 e. The lowest BCUT2D eigenvalue weighted by Gasteiger charge is -2.30. The topological polar surface area (TPSA) is 71.0 Å². The van der Waals surface area contributed by atoms with E-state index in [1.807, 2.05) is 17.5 Å². The first-order valence-electron chi connectivity index (χ1n) is 8.23. The van der Waals surface area contributed by atoms with Crippen molar-refractivity contribution in [3.05, 3.63) is 40.3 Å². The number of aromatic nitrogens is 3. The summed E-state index contributed by atoms with van der Waals surface area (Å²) in [6.07, 6.45) is 5.04. The highest BCUT2D eigenvalue weighted by atomic mass is 35.5. The normalized spacial score (nSPS) is 15.2. The number of carbonyl (C=O) groups is 1. The van der Waals surface area contributed by atoms with Gasteiger partial charge in [0.25, 0.3) is 0 Å². The van der Waals surface area contributed by atoms with E-state index in [1.165, 1.54) is 22.7 Å². The van der Waals surface area contributed by atoms with Gasteiger partial charge in [-0.05, 0) is 31.0 Å². The number of nitrogens with zero attached hydrogens (tertiary/aromatic N) is 4. The number of piperidine rings is 1. The van der Waals surface area contributed by atoms with Gasteiger partial charge in [-0.3, -0.25) is 4.79 Å². The number of halogens is 1. The molecule has 1 saturated heterocycles. The molecule has 1 fully saturated rings. The number of anilines is 2. The van der Waals surface area contributed by atoms with Gasteiger partial charge in [-0.1, -0.05) is 11.6 Å². The molecular weight excluding hydrogens is 390 g/mol. The van der Waals surface area contributed by atoms with Crippen molar-refractivity contribution in [2.24, 2.45) is 5.92 Å². The highest BCUT2D eigenvalue weighted by Crippen LogP contribution is 2.33. The number of hydrogen-bond acceptors (Lipinski definition) is 7. The van der Waals surface area contributed by atoms with Crippen LogP contribution in [0, 0.1) is 5.92 Å². The summed E-state index contributed by atoms with van der Waals surface area (Å²) in [4.78, 5) is 28.7. The molecule has 0 atom stereocenters. The van der Waals surface area contributed by atoms with Gasteiger partial charge in [-0.25, -0.2) is 15.0 Å². The van der Waals surface area contributed by atoms with Gasteiger partial charge < -0.3 is 10.2 Å². The predicted octanol–water partition coefficient (Wildman–Crippen LogP) is 4.17. The maximum atomic E-state index is 12.5. The van der Waals surface area contributed by atoms with Crippen molar-refractivity contribution in [2.45, 2.75) is 12.8 Å². The lowest BCUT2D eigenvalue weighted by atomic mass is 9.96. The summed E-state index contributed by atoms with van der Waals surface area (Å²) < 4.78 is 0.729. The molecule has 0 aromatic carbocycles. The van der Waals surface area contributed by atoms with Crippen LogP contribution in [0.5, 0.6) is 0 Å². The fourth-order valence-corrected chi connectivity index (χ4v) is 4.69. The van der Waals surface area contributed by atoms with Gasteiger partial charge in [-0.2, -0.15) is 0 Å². The molecule has 0 spiro atoms. The van der Waals surface area contributed by atoms with Gasteiger partial charge in [0, 0.05) is 36.8 Å². The van der Waals surface area contributed by atoms with Crippen molar-refractivity contribution in [3.63, 3.8) is 0 Å². The maximum absolute atomic E-state index is 12.5. The van der Waals surface area contributed by atoms with Crippen LogP contribution in [0.2, 0.25) is 4.34 Å². The molecule has 0 radical (unpaired) electrons. The standard InChI is InChI=1S/C17H16ClN5OS2/c18-14-3-2-13(26-14)12-10-25-17(21-12)22-15(24)11-4-8-23(9-5-11)16-19-6-1-7-20-16/h1-3,6-7,10-11H,4-5,8-9H2,(H,21,22,24). The minimum absolute atomic E-state index is 0.0153. The molecule has 0 unspecified atom stereocenters. The van der Waals surface area contributed by atoms with Crippen LogP contribution in [-0.2, 0) is 4.79 Å². The van der Waals surface area contributed by atoms with E-state index in [1.54, 1.807) is 18.5 Å². The highest BCUT2D eigenvalue weighted by molar-refractivity contribution is 7.20.